The average Bonchev–Trinajstić information content (AvgIpc) is 3.39. The van der Waals surface area contributed by atoms with Gasteiger partial charge in [0.05, 0.1) is 22.7 Å². The first-order valence-electron chi connectivity index (χ1n) is 10.1. The van der Waals surface area contributed by atoms with Crippen molar-refractivity contribution in [1.82, 2.24) is 14.5 Å². The van der Waals surface area contributed by atoms with Gasteiger partial charge in [-0.1, -0.05) is 28.1 Å². The summed E-state index contributed by atoms with van der Waals surface area (Å²) >= 11 is 3.50. The molecule has 2 aliphatic rings. The first kappa shape index (κ1) is 18.4. The number of hydrogen-bond donors (Lipinski definition) is 0. The maximum Gasteiger partial charge on any atom is 0.225 e. The molecule has 5 nitrogen and oxygen atoms in total. The Labute approximate surface area is 178 Å². The van der Waals surface area contributed by atoms with Crippen LogP contribution in [0.5, 0.6) is 0 Å². The summed E-state index contributed by atoms with van der Waals surface area (Å²) in [6, 6.07) is 16.1. The van der Waals surface area contributed by atoms with Gasteiger partial charge in [-0.25, -0.2) is 4.98 Å². The molecule has 0 N–H and O–H groups in total. The van der Waals surface area contributed by atoms with Gasteiger partial charge in [0.1, 0.15) is 5.82 Å². The molecule has 1 saturated carbocycles. The van der Waals surface area contributed by atoms with Crippen molar-refractivity contribution in [3.63, 3.8) is 0 Å². The molecule has 6 heteroatoms. The number of carbonyl (C=O) groups excluding carboxylic acids is 1. The Morgan fingerprint density at radius 1 is 1.17 bits per heavy atom. The van der Waals surface area contributed by atoms with Crippen molar-refractivity contribution in [3.05, 3.63) is 52.5 Å². The molecule has 1 saturated heterocycles. The van der Waals surface area contributed by atoms with E-state index >= 15 is 0 Å². The highest BCUT2D eigenvalue weighted by molar-refractivity contribution is 9.10. The smallest absolute Gasteiger partial charge is 0.225 e. The SMILES string of the molecule is N#Cc1ccc2nc(-c3ccc(Br)cc3)n(C[C@@H]3CCN(C(=O)C4CC4)C3)c2c1. The lowest BCUT2D eigenvalue weighted by Crippen LogP contribution is -2.30. The van der Waals surface area contributed by atoms with Crippen molar-refractivity contribution < 1.29 is 4.79 Å². The van der Waals surface area contributed by atoms with Crippen LogP contribution in [0.25, 0.3) is 22.4 Å². The number of imidazole rings is 1. The third kappa shape index (κ3) is 3.56. The second-order valence-corrected chi connectivity index (χ2v) is 9.00. The molecule has 3 aromatic rings. The van der Waals surface area contributed by atoms with Crippen LogP contribution in [0.15, 0.2) is 46.9 Å². The zero-order valence-corrected chi connectivity index (χ0v) is 17.6. The van der Waals surface area contributed by atoms with E-state index in [1.807, 2.05) is 35.2 Å². The van der Waals surface area contributed by atoms with Gasteiger partial charge in [-0.2, -0.15) is 5.26 Å². The van der Waals surface area contributed by atoms with Crippen LogP contribution >= 0.6 is 15.9 Å². The van der Waals surface area contributed by atoms with E-state index in [2.05, 4.69) is 38.7 Å². The van der Waals surface area contributed by atoms with E-state index in [9.17, 15) is 10.1 Å². The Bertz CT molecular complexity index is 1120. The van der Waals surface area contributed by atoms with Crippen LogP contribution in [-0.4, -0.2) is 33.4 Å². The Hall–Kier alpha value is -2.65. The van der Waals surface area contributed by atoms with E-state index in [4.69, 9.17) is 4.98 Å². The average molecular weight is 449 g/mol. The summed E-state index contributed by atoms with van der Waals surface area (Å²) in [5, 5.41) is 9.35. The molecule has 2 heterocycles. The molecule has 2 fully saturated rings. The van der Waals surface area contributed by atoms with Crippen LogP contribution in [0.2, 0.25) is 0 Å². The first-order chi connectivity index (χ1) is 14.1. The number of aromatic nitrogens is 2. The zero-order chi connectivity index (χ0) is 20.0. The highest BCUT2D eigenvalue weighted by Gasteiger charge is 2.36. The van der Waals surface area contributed by atoms with Crippen LogP contribution in [0.4, 0.5) is 0 Å². The van der Waals surface area contributed by atoms with Crippen molar-refractivity contribution in [2.24, 2.45) is 11.8 Å². The maximum absolute atomic E-state index is 12.4. The van der Waals surface area contributed by atoms with E-state index in [0.717, 1.165) is 65.8 Å². The predicted octanol–water partition coefficient (Wildman–Crippen LogP) is 4.60. The molecule has 146 valence electrons. The summed E-state index contributed by atoms with van der Waals surface area (Å²) in [6.07, 6.45) is 3.11. The standard InChI is InChI=1S/C23H21BrN4O/c24-19-6-4-17(5-7-19)22-26-20-8-1-15(12-25)11-21(20)28(22)14-16-9-10-27(13-16)23(29)18-2-3-18/h1,4-8,11,16,18H,2-3,9-10,13-14H2/t16-/m1/s1. The molecular weight excluding hydrogens is 428 g/mol. The van der Waals surface area contributed by atoms with E-state index in [0.29, 0.717) is 17.4 Å². The normalized spacial score (nSPS) is 18.9. The minimum absolute atomic E-state index is 0.277. The lowest BCUT2D eigenvalue weighted by molar-refractivity contribution is -0.131. The fourth-order valence-electron chi connectivity index (χ4n) is 4.22. The number of carbonyl (C=O) groups is 1. The van der Waals surface area contributed by atoms with Crippen LogP contribution in [-0.2, 0) is 11.3 Å². The van der Waals surface area contributed by atoms with Crippen molar-refractivity contribution in [1.29, 1.82) is 5.26 Å². The monoisotopic (exact) mass is 448 g/mol. The van der Waals surface area contributed by atoms with Gasteiger partial charge in [0.15, 0.2) is 0 Å². The minimum Gasteiger partial charge on any atom is -0.342 e. The second-order valence-electron chi connectivity index (χ2n) is 8.08. The molecule has 1 atom stereocenters. The van der Waals surface area contributed by atoms with Gasteiger partial charge < -0.3 is 9.47 Å². The molecule has 1 aromatic heterocycles. The number of fused-ring (bicyclic) bond motifs is 1. The quantitative estimate of drug-likeness (QED) is 0.585. The summed E-state index contributed by atoms with van der Waals surface area (Å²) in [6.45, 7) is 2.46. The summed E-state index contributed by atoms with van der Waals surface area (Å²) < 4.78 is 3.26. The van der Waals surface area contributed by atoms with Gasteiger partial charge in [-0.15, -0.1) is 0 Å². The van der Waals surface area contributed by atoms with Gasteiger partial charge in [-0.05, 0) is 55.5 Å². The van der Waals surface area contributed by atoms with Crippen LogP contribution in [0.3, 0.4) is 0 Å². The number of benzene rings is 2. The molecule has 0 spiro atoms. The Morgan fingerprint density at radius 2 is 1.97 bits per heavy atom. The Balaban J connectivity index is 1.50. The van der Waals surface area contributed by atoms with E-state index in [1.54, 1.807) is 0 Å². The largest absolute Gasteiger partial charge is 0.342 e. The van der Waals surface area contributed by atoms with E-state index in [-0.39, 0.29) is 5.92 Å². The molecular formula is C23H21BrN4O. The summed E-state index contributed by atoms with van der Waals surface area (Å²) in [4.78, 5) is 19.4. The van der Waals surface area contributed by atoms with Crippen LogP contribution in [0.1, 0.15) is 24.8 Å². The van der Waals surface area contributed by atoms with Gasteiger partial charge in [0.25, 0.3) is 0 Å². The number of nitriles is 1. The van der Waals surface area contributed by atoms with Gasteiger partial charge in [-0.3, -0.25) is 4.79 Å². The Kier molecular flexibility index (Phi) is 4.63. The highest BCUT2D eigenvalue weighted by Crippen LogP contribution is 2.34. The molecule has 5 rings (SSSR count). The number of likely N-dealkylation sites (tertiary alicyclic amines) is 1. The summed E-state index contributed by atoms with van der Waals surface area (Å²) in [7, 11) is 0. The van der Waals surface area contributed by atoms with Crippen LogP contribution in [0, 0.1) is 23.2 Å². The molecule has 1 aliphatic carbocycles. The minimum atomic E-state index is 0.277. The van der Waals surface area contributed by atoms with Gasteiger partial charge >= 0.3 is 0 Å². The number of hydrogen-bond acceptors (Lipinski definition) is 3. The van der Waals surface area contributed by atoms with Gasteiger partial charge in [0, 0.05) is 35.6 Å². The lowest BCUT2D eigenvalue weighted by Gasteiger charge is -2.18. The molecule has 29 heavy (non-hydrogen) atoms. The first-order valence-corrected chi connectivity index (χ1v) is 10.9. The van der Waals surface area contributed by atoms with E-state index in [1.165, 1.54) is 0 Å². The molecule has 1 amide bonds. The number of nitrogens with zero attached hydrogens (tertiary/aromatic N) is 4. The third-order valence-corrected chi connectivity index (χ3v) is 6.47. The fourth-order valence-corrected chi connectivity index (χ4v) is 4.49. The predicted molar refractivity (Wildman–Crippen MR) is 115 cm³/mol. The number of rotatable bonds is 4. The van der Waals surface area contributed by atoms with Crippen LogP contribution < -0.4 is 0 Å². The van der Waals surface area contributed by atoms with Crippen molar-refractivity contribution in [2.45, 2.75) is 25.8 Å². The second kappa shape index (κ2) is 7.31. The lowest BCUT2D eigenvalue weighted by atomic mass is 10.1. The molecule has 0 radical (unpaired) electrons. The summed E-state index contributed by atoms with van der Waals surface area (Å²) in [5.41, 5.74) is 3.56. The number of amides is 1. The highest BCUT2D eigenvalue weighted by atomic mass is 79.9. The van der Waals surface area contributed by atoms with E-state index < -0.39 is 0 Å². The molecule has 0 unspecified atom stereocenters. The summed E-state index contributed by atoms with van der Waals surface area (Å²) in [5.74, 6) is 1.92. The number of halogens is 1. The maximum atomic E-state index is 12.4. The molecule has 0 bridgehead atoms. The fraction of sp³-hybridized carbons (Fsp3) is 0.348. The topological polar surface area (TPSA) is 61.9 Å². The van der Waals surface area contributed by atoms with Gasteiger partial charge in [0.2, 0.25) is 5.91 Å². The van der Waals surface area contributed by atoms with Crippen molar-refractivity contribution >= 4 is 32.9 Å². The molecule has 2 aromatic carbocycles. The van der Waals surface area contributed by atoms with Crippen molar-refractivity contribution in [3.8, 4) is 17.5 Å². The Morgan fingerprint density at radius 3 is 2.69 bits per heavy atom. The zero-order valence-electron chi connectivity index (χ0n) is 16.0. The molecule has 1 aliphatic heterocycles. The third-order valence-electron chi connectivity index (χ3n) is 5.94. The van der Waals surface area contributed by atoms with Crippen molar-refractivity contribution in [2.75, 3.05) is 13.1 Å².